The minimum Gasteiger partial charge on any atom is -0.507 e. The van der Waals surface area contributed by atoms with Gasteiger partial charge in [0.25, 0.3) is 0 Å². The van der Waals surface area contributed by atoms with Crippen molar-refractivity contribution in [1.29, 1.82) is 0 Å². The Morgan fingerprint density at radius 1 is 1.11 bits per heavy atom. The fourth-order valence-electron chi connectivity index (χ4n) is 1.92. The second-order valence-electron chi connectivity index (χ2n) is 4.21. The van der Waals surface area contributed by atoms with E-state index in [1.807, 2.05) is 24.3 Å². The van der Waals surface area contributed by atoms with E-state index in [2.05, 4.69) is 6.92 Å². The van der Waals surface area contributed by atoms with Crippen molar-refractivity contribution in [3.8, 4) is 11.5 Å². The number of methoxy groups -OCH3 is 1. The molecular weight excluding hydrogens is 228 g/mol. The predicted octanol–water partition coefficient (Wildman–Crippen LogP) is 3.35. The lowest BCUT2D eigenvalue weighted by molar-refractivity contribution is 0.0561. The molecule has 3 nitrogen and oxygen atoms in total. The van der Waals surface area contributed by atoms with Crippen molar-refractivity contribution in [2.24, 2.45) is 0 Å². The van der Waals surface area contributed by atoms with Crippen molar-refractivity contribution in [1.82, 2.24) is 0 Å². The van der Waals surface area contributed by atoms with Crippen molar-refractivity contribution in [3.63, 3.8) is 0 Å². The highest BCUT2D eigenvalue weighted by atomic mass is 16.5. The molecule has 0 aliphatic heterocycles. The Labute approximate surface area is 107 Å². The van der Waals surface area contributed by atoms with Gasteiger partial charge in [0.2, 0.25) is 0 Å². The summed E-state index contributed by atoms with van der Waals surface area (Å²) < 4.78 is 11.1. The molecule has 3 heteroatoms. The molecule has 2 aromatic rings. The van der Waals surface area contributed by atoms with Crippen LogP contribution in [0.5, 0.6) is 11.5 Å². The van der Waals surface area contributed by atoms with Crippen LogP contribution in [0.15, 0.2) is 36.4 Å². The minimum atomic E-state index is 0.0950. The molecule has 0 aliphatic rings. The van der Waals surface area contributed by atoms with Gasteiger partial charge < -0.3 is 14.6 Å². The van der Waals surface area contributed by atoms with E-state index in [1.54, 1.807) is 19.2 Å². The Kier molecular flexibility index (Phi) is 4.05. The summed E-state index contributed by atoms with van der Waals surface area (Å²) in [7, 11) is 1.69. The largest absolute Gasteiger partial charge is 0.507 e. The maximum absolute atomic E-state index is 9.79. The molecule has 1 atom stereocenters. The Morgan fingerprint density at radius 2 is 1.83 bits per heavy atom. The van der Waals surface area contributed by atoms with Gasteiger partial charge in [-0.2, -0.15) is 0 Å². The number of benzene rings is 2. The number of phenolic OH excluding ortho intramolecular Hbond substituents is 1. The zero-order valence-electron chi connectivity index (χ0n) is 10.7. The Balaban J connectivity index is 2.26. The van der Waals surface area contributed by atoms with Gasteiger partial charge in [-0.1, -0.05) is 31.2 Å². The molecule has 0 radical (unpaired) electrons. The molecule has 1 N–H and O–H groups in total. The van der Waals surface area contributed by atoms with Crippen LogP contribution < -0.4 is 4.74 Å². The number of fused-ring (bicyclic) bond motifs is 1. The summed E-state index contributed by atoms with van der Waals surface area (Å²) in [6, 6.07) is 11.1. The molecular formula is C15H18O3. The number of ether oxygens (including phenoxy) is 2. The maximum atomic E-state index is 9.79. The first-order valence-electron chi connectivity index (χ1n) is 6.12. The molecule has 0 amide bonds. The lowest BCUT2D eigenvalue weighted by Crippen LogP contribution is -2.19. The van der Waals surface area contributed by atoms with Crippen LogP contribution >= 0.6 is 0 Å². The van der Waals surface area contributed by atoms with E-state index in [1.165, 1.54) is 0 Å². The lowest BCUT2D eigenvalue weighted by Gasteiger charge is -2.15. The smallest absolute Gasteiger partial charge is 0.127 e. The van der Waals surface area contributed by atoms with Gasteiger partial charge in [-0.25, -0.2) is 0 Å². The van der Waals surface area contributed by atoms with E-state index < -0.39 is 0 Å². The summed E-state index contributed by atoms with van der Waals surface area (Å²) in [5, 5.41) is 11.5. The molecule has 2 aromatic carbocycles. The van der Waals surface area contributed by atoms with Gasteiger partial charge in [0.05, 0.1) is 6.10 Å². The molecule has 0 spiro atoms. The molecule has 2 rings (SSSR count). The van der Waals surface area contributed by atoms with Crippen molar-refractivity contribution in [2.45, 2.75) is 19.4 Å². The number of phenols is 1. The highest BCUT2D eigenvalue weighted by Crippen LogP contribution is 2.32. The van der Waals surface area contributed by atoms with Crippen molar-refractivity contribution < 1.29 is 14.6 Å². The van der Waals surface area contributed by atoms with E-state index in [9.17, 15) is 5.11 Å². The third-order valence-corrected chi connectivity index (χ3v) is 3.07. The van der Waals surface area contributed by atoms with E-state index in [0.717, 1.165) is 22.9 Å². The third-order valence-electron chi connectivity index (χ3n) is 3.07. The Bertz CT molecular complexity index is 518. The molecule has 0 saturated heterocycles. The first-order chi connectivity index (χ1) is 8.76. The van der Waals surface area contributed by atoms with Gasteiger partial charge >= 0.3 is 0 Å². The Morgan fingerprint density at radius 3 is 2.50 bits per heavy atom. The molecule has 18 heavy (non-hydrogen) atoms. The molecule has 0 fully saturated rings. The second kappa shape index (κ2) is 5.74. The van der Waals surface area contributed by atoms with Gasteiger partial charge in [0.1, 0.15) is 18.1 Å². The summed E-state index contributed by atoms with van der Waals surface area (Å²) in [6.45, 7) is 2.58. The molecule has 0 aromatic heterocycles. The van der Waals surface area contributed by atoms with Gasteiger partial charge in [-0.05, 0) is 18.6 Å². The summed E-state index contributed by atoms with van der Waals surface area (Å²) in [5.41, 5.74) is 0. The molecule has 0 aliphatic carbocycles. The monoisotopic (exact) mass is 246 g/mol. The van der Waals surface area contributed by atoms with Crippen LogP contribution in [0.1, 0.15) is 13.3 Å². The quantitative estimate of drug-likeness (QED) is 0.879. The first-order valence-corrected chi connectivity index (χ1v) is 6.12. The number of aromatic hydroxyl groups is 1. The average molecular weight is 246 g/mol. The predicted molar refractivity (Wildman–Crippen MR) is 72.2 cm³/mol. The van der Waals surface area contributed by atoms with Gasteiger partial charge in [0, 0.05) is 17.9 Å². The minimum absolute atomic E-state index is 0.0950. The van der Waals surface area contributed by atoms with E-state index in [-0.39, 0.29) is 11.9 Å². The standard InChI is InChI=1S/C15H18O3/c1-3-11(17-2)10-18-15-9-8-14(16)12-6-4-5-7-13(12)15/h4-9,11,16H,3,10H2,1-2H3. The maximum Gasteiger partial charge on any atom is 0.127 e. The summed E-state index contributed by atoms with van der Waals surface area (Å²) in [4.78, 5) is 0. The SMILES string of the molecule is CCC(COc1ccc(O)c2ccccc12)OC. The normalized spacial score (nSPS) is 12.6. The van der Waals surface area contributed by atoms with Crippen molar-refractivity contribution >= 4 is 10.8 Å². The molecule has 0 saturated carbocycles. The first kappa shape index (κ1) is 12.7. The number of hydrogen-bond donors (Lipinski definition) is 1. The summed E-state index contributed by atoms with van der Waals surface area (Å²) >= 11 is 0. The fourth-order valence-corrected chi connectivity index (χ4v) is 1.92. The topological polar surface area (TPSA) is 38.7 Å². The molecule has 96 valence electrons. The van der Waals surface area contributed by atoms with Crippen LogP contribution in [0, 0.1) is 0 Å². The summed E-state index contributed by atoms with van der Waals surface area (Å²) in [5.74, 6) is 1.05. The van der Waals surface area contributed by atoms with Crippen LogP contribution in [0.4, 0.5) is 0 Å². The zero-order valence-corrected chi connectivity index (χ0v) is 10.7. The number of rotatable bonds is 5. The van der Waals surface area contributed by atoms with E-state index in [4.69, 9.17) is 9.47 Å². The number of hydrogen-bond acceptors (Lipinski definition) is 3. The van der Waals surface area contributed by atoms with Crippen molar-refractivity contribution in [2.75, 3.05) is 13.7 Å². The van der Waals surface area contributed by atoms with Gasteiger partial charge in [-0.15, -0.1) is 0 Å². The second-order valence-corrected chi connectivity index (χ2v) is 4.21. The van der Waals surface area contributed by atoms with Crippen LogP contribution in [-0.4, -0.2) is 24.9 Å². The van der Waals surface area contributed by atoms with E-state index >= 15 is 0 Å². The highest BCUT2D eigenvalue weighted by Gasteiger charge is 2.09. The highest BCUT2D eigenvalue weighted by molar-refractivity contribution is 5.92. The zero-order chi connectivity index (χ0) is 13.0. The van der Waals surface area contributed by atoms with Gasteiger partial charge in [0.15, 0.2) is 0 Å². The average Bonchev–Trinajstić information content (AvgIpc) is 2.42. The molecule has 0 heterocycles. The third kappa shape index (κ3) is 2.57. The summed E-state index contributed by atoms with van der Waals surface area (Å²) in [6.07, 6.45) is 1.00. The van der Waals surface area contributed by atoms with Crippen LogP contribution in [0.2, 0.25) is 0 Å². The van der Waals surface area contributed by atoms with Crippen LogP contribution in [0.3, 0.4) is 0 Å². The molecule has 0 bridgehead atoms. The Hall–Kier alpha value is -1.74. The van der Waals surface area contributed by atoms with Gasteiger partial charge in [-0.3, -0.25) is 0 Å². The van der Waals surface area contributed by atoms with Crippen LogP contribution in [-0.2, 0) is 4.74 Å². The molecule has 1 unspecified atom stereocenters. The lowest BCUT2D eigenvalue weighted by atomic mass is 10.1. The van der Waals surface area contributed by atoms with E-state index in [0.29, 0.717) is 6.61 Å². The fraction of sp³-hybridized carbons (Fsp3) is 0.333. The van der Waals surface area contributed by atoms with Crippen molar-refractivity contribution in [3.05, 3.63) is 36.4 Å². The van der Waals surface area contributed by atoms with Crippen LogP contribution in [0.25, 0.3) is 10.8 Å².